The monoisotopic (exact) mass is 355 g/mol. The summed E-state index contributed by atoms with van der Waals surface area (Å²) in [6.07, 6.45) is 7.72. The molecule has 0 spiro atoms. The van der Waals surface area contributed by atoms with Crippen LogP contribution in [0.4, 0.5) is 5.69 Å². The number of nitrogens with one attached hydrogen (secondary N) is 2. The van der Waals surface area contributed by atoms with Crippen molar-refractivity contribution in [3.63, 3.8) is 0 Å². The zero-order valence-corrected chi connectivity index (χ0v) is 15.1. The molecule has 24 heavy (non-hydrogen) atoms. The minimum absolute atomic E-state index is 0. The van der Waals surface area contributed by atoms with E-state index in [-0.39, 0.29) is 36.2 Å². The maximum absolute atomic E-state index is 12.8. The molecule has 8 heteroatoms. The molecule has 1 saturated carbocycles. The normalized spacial score (nSPS) is 25.5. The van der Waals surface area contributed by atoms with Crippen molar-refractivity contribution in [1.29, 1.82) is 0 Å². The van der Waals surface area contributed by atoms with Gasteiger partial charge in [-0.2, -0.15) is 5.10 Å². The third-order valence-corrected chi connectivity index (χ3v) is 5.18. The zero-order chi connectivity index (χ0) is 16.4. The van der Waals surface area contributed by atoms with Crippen LogP contribution in [0.15, 0.2) is 12.4 Å². The molecule has 1 saturated heterocycles. The van der Waals surface area contributed by atoms with Gasteiger partial charge in [0.1, 0.15) is 6.54 Å². The smallest absolute Gasteiger partial charge is 0.243 e. The van der Waals surface area contributed by atoms with Crippen LogP contribution in [0.25, 0.3) is 0 Å². The van der Waals surface area contributed by atoms with E-state index in [0.29, 0.717) is 11.6 Å². The third-order valence-electron chi connectivity index (χ3n) is 5.18. The number of carbonyl (C=O) groups excluding carboxylic acids is 2. The Labute approximate surface area is 148 Å². The number of fused-ring (bicyclic) bond motifs is 1. The summed E-state index contributed by atoms with van der Waals surface area (Å²) in [5, 5.41) is 10.6. The lowest BCUT2D eigenvalue weighted by atomic mass is 9.67. The quantitative estimate of drug-likeness (QED) is 0.848. The van der Waals surface area contributed by atoms with Gasteiger partial charge in [-0.3, -0.25) is 14.3 Å². The van der Waals surface area contributed by atoms with E-state index >= 15 is 0 Å². The number of anilines is 1. The summed E-state index contributed by atoms with van der Waals surface area (Å²) in [7, 11) is 3.42. The van der Waals surface area contributed by atoms with Crippen LogP contribution >= 0.6 is 12.4 Å². The van der Waals surface area contributed by atoms with Crippen LogP contribution in [-0.2, 0) is 16.1 Å². The molecule has 2 fully saturated rings. The number of aromatic nitrogens is 2. The Kier molecular flexibility index (Phi) is 5.87. The Morgan fingerprint density at radius 3 is 3.00 bits per heavy atom. The van der Waals surface area contributed by atoms with Gasteiger partial charge in [-0.15, -0.1) is 12.4 Å². The van der Waals surface area contributed by atoms with Crippen molar-refractivity contribution in [1.82, 2.24) is 20.0 Å². The molecular weight excluding hydrogens is 330 g/mol. The second-order valence-electron chi connectivity index (χ2n) is 6.90. The van der Waals surface area contributed by atoms with Crippen LogP contribution in [0.5, 0.6) is 0 Å². The SMILES string of the molecule is CN(C)C(=O)Cn1cc(NC(=O)[C@@]23CCCC[C@H]2CNC3)cn1.Cl. The molecule has 2 heterocycles. The molecule has 2 atom stereocenters. The molecule has 0 bridgehead atoms. The van der Waals surface area contributed by atoms with E-state index in [1.807, 2.05) is 0 Å². The lowest BCUT2D eigenvalue weighted by Crippen LogP contribution is -2.44. The Hall–Kier alpha value is -1.60. The Balaban J connectivity index is 0.00000208. The fraction of sp³-hybridized carbons (Fsp3) is 0.688. The number of amides is 2. The summed E-state index contributed by atoms with van der Waals surface area (Å²) in [4.78, 5) is 26.1. The standard InChI is InChI=1S/C16H25N5O2.ClH/c1-20(2)14(22)10-21-9-13(8-18-21)19-15(23)16-6-4-3-5-12(16)7-17-11-16;/h8-9,12,17H,3-7,10-11H2,1-2H3,(H,19,23);1H/t12-,16+;/m0./s1. The van der Waals surface area contributed by atoms with Gasteiger partial charge in [-0.1, -0.05) is 12.8 Å². The highest BCUT2D eigenvalue weighted by Crippen LogP contribution is 2.44. The zero-order valence-electron chi connectivity index (χ0n) is 14.2. The highest BCUT2D eigenvalue weighted by Gasteiger charge is 2.49. The molecule has 0 radical (unpaired) electrons. The van der Waals surface area contributed by atoms with Crippen molar-refractivity contribution in [2.24, 2.45) is 11.3 Å². The van der Waals surface area contributed by atoms with E-state index < -0.39 is 0 Å². The summed E-state index contributed by atoms with van der Waals surface area (Å²) in [6.45, 7) is 1.87. The van der Waals surface area contributed by atoms with Crippen molar-refractivity contribution in [3.8, 4) is 0 Å². The number of carbonyl (C=O) groups is 2. The third kappa shape index (κ3) is 3.57. The first-order chi connectivity index (χ1) is 11.0. The number of nitrogens with zero attached hydrogens (tertiary/aromatic N) is 3. The van der Waals surface area contributed by atoms with Crippen molar-refractivity contribution in [3.05, 3.63) is 12.4 Å². The summed E-state index contributed by atoms with van der Waals surface area (Å²) < 4.78 is 1.56. The average molecular weight is 356 g/mol. The summed E-state index contributed by atoms with van der Waals surface area (Å²) >= 11 is 0. The number of likely N-dealkylation sites (N-methyl/N-ethyl adjacent to an activating group) is 1. The van der Waals surface area contributed by atoms with Crippen molar-refractivity contribution in [2.75, 3.05) is 32.5 Å². The molecule has 2 N–H and O–H groups in total. The van der Waals surface area contributed by atoms with Gasteiger partial charge < -0.3 is 15.5 Å². The van der Waals surface area contributed by atoms with Gasteiger partial charge in [0, 0.05) is 26.8 Å². The van der Waals surface area contributed by atoms with Gasteiger partial charge in [-0.05, 0) is 25.3 Å². The van der Waals surface area contributed by atoms with E-state index in [4.69, 9.17) is 0 Å². The van der Waals surface area contributed by atoms with Crippen LogP contribution in [0.1, 0.15) is 25.7 Å². The maximum atomic E-state index is 12.8. The van der Waals surface area contributed by atoms with Crippen LogP contribution in [0.2, 0.25) is 0 Å². The maximum Gasteiger partial charge on any atom is 0.243 e. The van der Waals surface area contributed by atoms with Gasteiger partial charge in [-0.25, -0.2) is 0 Å². The number of hydrogen-bond acceptors (Lipinski definition) is 4. The largest absolute Gasteiger partial charge is 0.347 e. The molecule has 1 aliphatic carbocycles. The van der Waals surface area contributed by atoms with E-state index in [1.165, 1.54) is 11.3 Å². The van der Waals surface area contributed by atoms with Crippen LogP contribution in [-0.4, -0.2) is 53.7 Å². The molecule has 2 amide bonds. The highest BCUT2D eigenvalue weighted by atomic mass is 35.5. The molecule has 0 unspecified atom stereocenters. The molecule has 1 aromatic heterocycles. The van der Waals surface area contributed by atoms with Gasteiger partial charge in [0.15, 0.2) is 0 Å². The van der Waals surface area contributed by atoms with Gasteiger partial charge >= 0.3 is 0 Å². The van der Waals surface area contributed by atoms with Crippen LogP contribution < -0.4 is 10.6 Å². The molecule has 0 aromatic carbocycles. The predicted molar refractivity (Wildman–Crippen MR) is 94.1 cm³/mol. The summed E-state index contributed by atoms with van der Waals surface area (Å²) in [5.41, 5.74) is 0.381. The summed E-state index contributed by atoms with van der Waals surface area (Å²) in [6, 6.07) is 0. The topological polar surface area (TPSA) is 79.3 Å². The first kappa shape index (κ1) is 18.7. The Morgan fingerprint density at radius 2 is 2.25 bits per heavy atom. The first-order valence-corrected chi connectivity index (χ1v) is 8.26. The van der Waals surface area contributed by atoms with Crippen LogP contribution in [0.3, 0.4) is 0 Å². The predicted octanol–water partition coefficient (Wildman–Crippen LogP) is 1.11. The Bertz CT molecular complexity index is 603. The van der Waals surface area contributed by atoms with Crippen molar-refractivity contribution in [2.45, 2.75) is 32.2 Å². The number of hydrogen-bond donors (Lipinski definition) is 2. The Morgan fingerprint density at radius 1 is 1.46 bits per heavy atom. The molecule has 134 valence electrons. The van der Waals surface area contributed by atoms with Gasteiger partial charge in [0.2, 0.25) is 11.8 Å². The van der Waals surface area contributed by atoms with Gasteiger partial charge in [0.05, 0.1) is 17.3 Å². The number of rotatable bonds is 4. The van der Waals surface area contributed by atoms with E-state index in [0.717, 1.165) is 32.4 Å². The summed E-state index contributed by atoms with van der Waals surface area (Å²) in [5.74, 6) is 0.490. The lowest BCUT2D eigenvalue weighted by molar-refractivity contribution is -0.129. The molecule has 2 aliphatic rings. The first-order valence-electron chi connectivity index (χ1n) is 8.26. The van der Waals surface area contributed by atoms with Crippen molar-refractivity contribution < 1.29 is 9.59 Å². The van der Waals surface area contributed by atoms with Crippen molar-refractivity contribution >= 4 is 29.9 Å². The molecule has 1 aromatic rings. The lowest BCUT2D eigenvalue weighted by Gasteiger charge is -2.36. The molecule has 3 rings (SSSR count). The fourth-order valence-corrected chi connectivity index (χ4v) is 3.74. The second kappa shape index (κ2) is 7.53. The molecular formula is C16H26ClN5O2. The molecule has 1 aliphatic heterocycles. The molecule has 7 nitrogen and oxygen atoms in total. The van der Waals surface area contributed by atoms with E-state index in [2.05, 4.69) is 15.7 Å². The minimum Gasteiger partial charge on any atom is -0.347 e. The van der Waals surface area contributed by atoms with Crippen LogP contribution in [0, 0.1) is 11.3 Å². The minimum atomic E-state index is -0.278. The fourth-order valence-electron chi connectivity index (χ4n) is 3.74. The van der Waals surface area contributed by atoms with E-state index in [1.54, 1.807) is 31.2 Å². The van der Waals surface area contributed by atoms with Gasteiger partial charge in [0.25, 0.3) is 0 Å². The average Bonchev–Trinajstić information content (AvgIpc) is 3.14. The van der Waals surface area contributed by atoms with E-state index in [9.17, 15) is 9.59 Å². The number of halogens is 1. The highest BCUT2D eigenvalue weighted by molar-refractivity contribution is 5.96. The second-order valence-corrected chi connectivity index (χ2v) is 6.90.